The number of halogens is 2. The van der Waals surface area contributed by atoms with Crippen LogP contribution in [0.4, 0.5) is 0 Å². The van der Waals surface area contributed by atoms with E-state index in [9.17, 15) is 14.4 Å². The van der Waals surface area contributed by atoms with Crippen molar-refractivity contribution in [1.82, 2.24) is 5.32 Å². The number of amides is 1. The highest BCUT2D eigenvalue weighted by atomic mass is 35.5. The van der Waals surface area contributed by atoms with Crippen LogP contribution in [0.3, 0.4) is 0 Å². The normalized spacial score (nSPS) is 10.6. The van der Waals surface area contributed by atoms with Gasteiger partial charge in [-0.05, 0) is 35.9 Å². The van der Waals surface area contributed by atoms with Crippen molar-refractivity contribution in [3.05, 3.63) is 104 Å². The first kappa shape index (κ1) is 23.4. The van der Waals surface area contributed by atoms with Crippen molar-refractivity contribution in [2.24, 2.45) is 0 Å². The Morgan fingerprint density at radius 3 is 2.53 bits per heavy atom. The number of fused-ring (bicyclic) bond motifs is 1. The van der Waals surface area contributed by atoms with Gasteiger partial charge < -0.3 is 19.2 Å². The minimum atomic E-state index is -0.805. The number of rotatable bonds is 7. The molecule has 0 saturated carbocycles. The summed E-state index contributed by atoms with van der Waals surface area (Å²) in [6, 6.07) is 19.8. The van der Waals surface area contributed by atoms with Crippen molar-refractivity contribution < 1.29 is 23.5 Å². The van der Waals surface area contributed by atoms with E-state index in [1.165, 1.54) is 24.3 Å². The van der Waals surface area contributed by atoms with E-state index in [0.717, 1.165) is 5.56 Å². The van der Waals surface area contributed by atoms with E-state index in [0.29, 0.717) is 15.4 Å². The van der Waals surface area contributed by atoms with Gasteiger partial charge in [0.25, 0.3) is 5.91 Å². The molecule has 4 rings (SSSR count). The summed E-state index contributed by atoms with van der Waals surface area (Å²) < 4.78 is 15.9. The molecule has 1 heterocycles. The van der Waals surface area contributed by atoms with Crippen molar-refractivity contribution in [1.29, 1.82) is 0 Å². The minimum Gasteiger partial charge on any atom is -0.480 e. The number of carbonyl (C=O) groups excluding carboxylic acids is 2. The van der Waals surface area contributed by atoms with E-state index in [1.54, 1.807) is 18.2 Å². The molecule has 0 saturated heterocycles. The zero-order valence-corrected chi connectivity index (χ0v) is 19.1. The molecule has 172 valence electrons. The summed E-state index contributed by atoms with van der Waals surface area (Å²) in [4.78, 5) is 37.0. The topological polar surface area (TPSA) is 94.8 Å². The molecule has 0 radical (unpaired) electrons. The largest absolute Gasteiger partial charge is 0.480 e. The number of hydrogen-bond donors (Lipinski definition) is 1. The third-order valence-corrected chi connectivity index (χ3v) is 5.27. The van der Waals surface area contributed by atoms with Crippen molar-refractivity contribution in [3.63, 3.8) is 0 Å². The van der Waals surface area contributed by atoms with Gasteiger partial charge in [-0.15, -0.1) is 0 Å². The van der Waals surface area contributed by atoms with Crippen LogP contribution < -0.4 is 20.4 Å². The average Bonchev–Trinajstić information content (AvgIpc) is 2.83. The molecule has 1 N–H and O–H groups in total. The van der Waals surface area contributed by atoms with Gasteiger partial charge in [0.05, 0.1) is 5.02 Å². The van der Waals surface area contributed by atoms with Crippen LogP contribution in [0.5, 0.6) is 11.5 Å². The van der Waals surface area contributed by atoms with Crippen LogP contribution in [0.15, 0.2) is 82.0 Å². The van der Waals surface area contributed by atoms with E-state index in [4.69, 9.17) is 37.1 Å². The summed E-state index contributed by atoms with van der Waals surface area (Å²) >= 11 is 11.9. The van der Waals surface area contributed by atoms with E-state index < -0.39 is 24.1 Å². The molecule has 0 bridgehead atoms. The molecule has 0 aliphatic heterocycles. The summed E-state index contributed by atoms with van der Waals surface area (Å²) in [5, 5.41) is 3.89. The van der Waals surface area contributed by atoms with Crippen molar-refractivity contribution >= 4 is 46.0 Å². The van der Waals surface area contributed by atoms with E-state index in [2.05, 4.69) is 5.32 Å². The third-order valence-electron chi connectivity index (χ3n) is 4.72. The zero-order chi connectivity index (χ0) is 24.1. The second-order valence-corrected chi connectivity index (χ2v) is 8.00. The fraction of sp³-hybridized carbons (Fsp3) is 0.0800. The van der Waals surface area contributed by atoms with Crippen molar-refractivity contribution in [2.75, 3.05) is 6.61 Å². The Balaban J connectivity index is 1.42. The number of nitrogens with one attached hydrogen (secondary N) is 1. The van der Waals surface area contributed by atoms with Crippen molar-refractivity contribution in [3.8, 4) is 11.5 Å². The first-order chi connectivity index (χ1) is 16.4. The van der Waals surface area contributed by atoms with Crippen LogP contribution in [0.2, 0.25) is 10.0 Å². The molecule has 7 nitrogen and oxygen atoms in total. The second-order valence-electron chi connectivity index (χ2n) is 7.15. The van der Waals surface area contributed by atoms with Gasteiger partial charge in [-0.3, -0.25) is 4.79 Å². The van der Waals surface area contributed by atoms with E-state index in [-0.39, 0.29) is 29.2 Å². The molecule has 0 aliphatic rings. The van der Waals surface area contributed by atoms with Gasteiger partial charge in [-0.25, -0.2) is 9.59 Å². The van der Waals surface area contributed by atoms with Crippen LogP contribution in [0.25, 0.3) is 11.0 Å². The number of ether oxygens (including phenoxy) is 2. The molecule has 3 aromatic carbocycles. The highest BCUT2D eigenvalue weighted by molar-refractivity contribution is 6.34. The molecule has 9 heteroatoms. The van der Waals surface area contributed by atoms with Crippen molar-refractivity contribution in [2.45, 2.75) is 6.54 Å². The molecule has 34 heavy (non-hydrogen) atoms. The molecule has 1 aromatic heterocycles. The van der Waals surface area contributed by atoms with Crippen LogP contribution in [-0.2, 0) is 11.3 Å². The first-order valence-corrected chi connectivity index (χ1v) is 10.8. The number of benzene rings is 3. The molecule has 0 atom stereocenters. The average molecular weight is 498 g/mol. The summed E-state index contributed by atoms with van der Waals surface area (Å²) in [5.74, 6) is -0.863. The van der Waals surface area contributed by atoms with E-state index in [1.807, 2.05) is 30.3 Å². The van der Waals surface area contributed by atoms with Gasteiger partial charge in [-0.1, -0.05) is 53.5 Å². The molecular formula is C25H17Cl2NO6. The Labute approximate surface area is 203 Å². The fourth-order valence-corrected chi connectivity index (χ4v) is 3.41. The van der Waals surface area contributed by atoms with Gasteiger partial charge in [0, 0.05) is 29.1 Å². The SMILES string of the molecule is O=C(COc1cc(Cl)ccc1Cl)Oc1ccc2cc(C(=O)NCc3ccccc3)c(=O)oc2c1. The Morgan fingerprint density at radius 2 is 1.74 bits per heavy atom. The highest BCUT2D eigenvalue weighted by Crippen LogP contribution is 2.28. The number of carbonyl (C=O) groups is 2. The Morgan fingerprint density at radius 1 is 0.941 bits per heavy atom. The van der Waals surface area contributed by atoms with Crippen LogP contribution >= 0.6 is 23.2 Å². The predicted octanol–water partition coefficient (Wildman–Crippen LogP) is 5.01. The molecule has 4 aromatic rings. The summed E-state index contributed by atoms with van der Waals surface area (Å²) in [5.41, 5.74) is 0.128. The van der Waals surface area contributed by atoms with Gasteiger partial charge in [-0.2, -0.15) is 0 Å². The summed E-state index contributed by atoms with van der Waals surface area (Å²) in [6.45, 7) is -0.142. The van der Waals surface area contributed by atoms with Crippen LogP contribution in [0.1, 0.15) is 15.9 Å². The molecule has 0 aliphatic carbocycles. The highest BCUT2D eigenvalue weighted by Gasteiger charge is 2.15. The van der Waals surface area contributed by atoms with Gasteiger partial charge >= 0.3 is 11.6 Å². The lowest BCUT2D eigenvalue weighted by molar-refractivity contribution is -0.136. The standard InChI is InChI=1S/C25H17Cl2NO6/c26-17-7-9-20(27)22(11-17)32-14-23(29)33-18-8-6-16-10-19(25(31)34-21(16)12-18)24(30)28-13-15-4-2-1-3-5-15/h1-12H,13-14H2,(H,28,30). The monoisotopic (exact) mass is 497 g/mol. The van der Waals surface area contributed by atoms with E-state index >= 15 is 0 Å². The fourth-order valence-electron chi connectivity index (χ4n) is 3.07. The molecule has 0 spiro atoms. The molecule has 0 unspecified atom stereocenters. The Bertz CT molecular complexity index is 1420. The maximum absolute atomic E-state index is 12.5. The lowest BCUT2D eigenvalue weighted by atomic mass is 10.1. The lowest BCUT2D eigenvalue weighted by Gasteiger charge is -2.09. The zero-order valence-electron chi connectivity index (χ0n) is 17.5. The lowest BCUT2D eigenvalue weighted by Crippen LogP contribution is -2.27. The predicted molar refractivity (Wildman–Crippen MR) is 128 cm³/mol. The maximum Gasteiger partial charge on any atom is 0.349 e. The smallest absolute Gasteiger partial charge is 0.349 e. The minimum absolute atomic E-state index is 0.125. The van der Waals surface area contributed by atoms with Gasteiger partial charge in [0.2, 0.25) is 0 Å². The second kappa shape index (κ2) is 10.4. The van der Waals surface area contributed by atoms with Gasteiger partial charge in [0.1, 0.15) is 22.6 Å². The quantitative estimate of drug-likeness (QED) is 0.219. The maximum atomic E-state index is 12.5. The number of esters is 1. The van der Waals surface area contributed by atoms with Gasteiger partial charge in [0.15, 0.2) is 6.61 Å². The first-order valence-electron chi connectivity index (χ1n) is 10.1. The molecule has 1 amide bonds. The molecular weight excluding hydrogens is 481 g/mol. The van der Waals surface area contributed by atoms with Crippen LogP contribution in [0, 0.1) is 0 Å². The molecule has 0 fully saturated rings. The Hall–Kier alpha value is -3.81. The summed E-state index contributed by atoms with van der Waals surface area (Å²) in [7, 11) is 0. The summed E-state index contributed by atoms with van der Waals surface area (Å²) in [6.07, 6.45) is 0. The van der Waals surface area contributed by atoms with Crippen LogP contribution in [-0.4, -0.2) is 18.5 Å². The number of hydrogen-bond acceptors (Lipinski definition) is 6. The third kappa shape index (κ3) is 5.75. The Kier molecular flexibility index (Phi) is 7.15.